The van der Waals surface area contributed by atoms with Crippen molar-refractivity contribution < 1.29 is 8.42 Å². The van der Waals surface area contributed by atoms with Crippen molar-refractivity contribution in [2.24, 2.45) is 0 Å². The highest BCUT2D eigenvalue weighted by Gasteiger charge is 2.37. The van der Waals surface area contributed by atoms with Crippen LogP contribution in [0.4, 0.5) is 0 Å². The van der Waals surface area contributed by atoms with Gasteiger partial charge < -0.3 is 0 Å². The molecule has 6 nitrogen and oxygen atoms in total. The summed E-state index contributed by atoms with van der Waals surface area (Å²) < 4.78 is 31.4. The molecule has 0 radical (unpaired) electrons. The molecule has 1 atom stereocenters. The van der Waals surface area contributed by atoms with Crippen molar-refractivity contribution >= 4 is 21.4 Å². The minimum Gasteiger partial charge on any atom is -0.266 e. The van der Waals surface area contributed by atoms with Crippen LogP contribution in [0, 0.1) is 0 Å². The van der Waals surface area contributed by atoms with Gasteiger partial charge in [-0.1, -0.05) is 48.9 Å². The summed E-state index contributed by atoms with van der Waals surface area (Å²) in [5.74, 6) is 0. The van der Waals surface area contributed by atoms with E-state index >= 15 is 0 Å². The standard InChI is InChI=1S/C24H24N4O2S2/c29-32(30,28-14-5-4-11-21(28)20-10-6-13-25-16-20)23-18-27(17-19-8-2-1-3-9-19)26-24(23)22-12-7-15-31-22/h1-3,6-10,12-13,15-16,18,21H,4-5,11,14,17H2. The maximum atomic E-state index is 14.0. The fourth-order valence-electron chi connectivity index (χ4n) is 4.25. The molecule has 8 heteroatoms. The molecule has 1 aliphatic heterocycles. The van der Waals surface area contributed by atoms with Gasteiger partial charge in [-0.05, 0) is 41.5 Å². The summed E-state index contributed by atoms with van der Waals surface area (Å²) in [7, 11) is -3.76. The molecule has 1 fully saturated rings. The Labute approximate surface area is 192 Å². The van der Waals surface area contributed by atoms with Crippen molar-refractivity contribution in [2.75, 3.05) is 6.54 Å². The highest BCUT2D eigenvalue weighted by atomic mass is 32.2. The van der Waals surface area contributed by atoms with E-state index < -0.39 is 10.0 Å². The molecule has 1 saturated heterocycles. The number of piperidine rings is 1. The van der Waals surface area contributed by atoms with E-state index in [4.69, 9.17) is 5.10 Å². The van der Waals surface area contributed by atoms with Crippen LogP contribution in [0.1, 0.15) is 36.4 Å². The molecule has 1 aliphatic rings. The first-order valence-electron chi connectivity index (χ1n) is 10.7. The smallest absolute Gasteiger partial charge is 0.247 e. The fraction of sp³-hybridized carbons (Fsp3) is 0.250. The first-order chi connectivity index (χ1) is 15.6. The zero-order valence-corrected chi connectivity index (χ0v) is 19.2. The molecular weight excluding hydrogens is 440 g/mol. The molecule has 0 bridgehead atoms. The quantitative estimate of drug-likeness (QED) is 0.404. The first kappa shape index (κ1) is 21.1. The average molecular weight is 465 g/mol. The average Bonchev–Trinajstić information content (AvgIpc) is 3.51. The van der Waals surface area contributed by atoms with Crippen molar-refractivity contribution in [2.45, 2.75) is 36.7 Å². The third kappa shape index (κ3) is 4.13. The van der Waals surface area contributed by atoms with Gasteiger partial charge in [0.15, 0.2) is 0 Å². The summed E-state index contributed by atoms with van der Waals surface area (Å²) in [6.45, 7) is 1.01. The van der Waals surface area contributed by atoms with Gasteiger partial charge in [0.25, 0.3) is 0 Å². The lowest BCUT2D eigenvalue weighted by Crippen LogP contribution is -2.38. The largest absolute Gasteiger partial charge is 0.266 e. The molecule has 0 aliphatic carbocycles. The topological polar surface area (TPSA) is 68.1 Å². The van der Waals surface area contributed by atoms with Crippen LogP contribution in [0.25, 0.3) is 10.6 Å². The Balaban J connectivity index is 1.57. The van der Waals surface area contributed by atoms with Gasteiger partial charge in [0.05, 0.1) is 17.5 Å². The van der Waals surface area contributed by atoms with E-state index in [2.05, 4.69) is 4.98 Å². The number of thiophene rings is 1. The second kappa shape index (κ2) is 8.97. The van der Waals surface area contributed by atoms with Gasteiger partial charge in [-0.25, -0.2) is 8.42 Å². The summed E-state index contributed by atoms with van der Waals surface area (Å²) >= 11 is 1.50. The van der Waals surface area contributed by atoms with Gasteiger partial charge in [-0.15, -0.1) is 11.3 Å². The molecule has 1 unspecified atom stereocenters. The molecule has 0 amide bonds. The Morgan fingerprint density at radius 1 is 1.03 bits per heavy atom. The number of benzene rings is 1. The van der Waals surface area contributed by atoms with Crippen LogP contribution in [0.5, 0.6) is 0 Å². The Hall–Kier alpha value is -2.81. The van der Waals surface area contributed by atoms with Crippen molar-refractivity contribution in [3.8, 4) is 10.6 Å². The van der Waals surface area contributed by atoms with E-state index in [0.717, 1.165) is 35.3 Å². The van der Waals surface area contributed by atoms with E-state index in [0.29, 0.717) is 18.8 Å². The van der Waals surface area contributed by atoms with Crippen LogP contribution in [0.15, 0.2) is 83.5 Å². The van der Waals surface area contributed by atoms with Crippen molar-refractivity contribution in [3.63, 3.8) is 0 Å². The molecule has 0 saturated carbocycles. The van der Waals surface area contributed by atoms with Gasteiger partial charge in [0, 0.05) is 25.1 Å². The van der Waals surface area contributed by atoms with Crippen LogP contribution in [-0.2, 0) is 16.6 Å². The molecular formula is C24H24N4O2S2. The highest BCUT2D eigenvalue weighted by Crippen LogP contribution is 2.38. The Kier molecular flexibility index (Phi) is 5.91. The number of hydrogen-bond acceptors (Lipinski definition) is 5. The fourth-order valence-corrected chi connectivity index (χ4v) is 6.87. The lowest BCUT2D eigenvalue weighted by molar-refractivity contribution is 0.255. The first-order valence-corrected chi connectivity index (χ1v) is 13.0. The summed E-state index contributed by atoms with van der Waals surface area (Å²) in [6, 6.07) is 17.4. The van der Waals surface area contributed by atoms with Crippen LogP contribution in [0.3, 0.4) is 0 Å². The predicted molar refractivity (Wildman–Crippen MR) is 126 cm³/mol. The Morgan fingerprint density at radius 2 is 1.91 bits per heavy atom. The number of aromatic nitrogens is 3. The molecule has 0 N–H and O–H groups in total. The normalized spacial score (nSPS) is 17.4. The monoisotopic (exact) mass is 464 g/mol. The SMILES string of the molecule is O=S(=O)(c1cn(Cc2ccccc2)nc1-c1cccs1)N1CCCCC1c1cccnc1. The third-order valence-electron chi connectivity index (χ3n) is 5.78. The van der Waals surface area contributed by atoms with Gasteiger partial charge in [-0.2, -0.15) is 9.40 Å². The number of nitrogens with zero attached hydrogens (tertiary/aromatic N) is 4. The van der Waals surface area contributed by atoms with E-state index in [9.17, 15) is 8.42 Å². The summed E-state index contributed by atoms with van der Waals surface area (Å²) in [5.41, 5.74) is 2.53. The maximum Gasteiger partial charge on any atom is 0.247 e. The number of hydrogen-bond donors (Lipinski definition) is 0. The molecule has 4 heterocycles. The van der Waals surface area contributed by atoms with Gasteiger partial charge in [-0.3, -0.25) is 9.67 Å². The second-order valence-corrected chi connectivity index (χ2v) is 10.7. The van der Waals surface area contributed by atoms with E-state index in [1.54, 1.807) is 27.6 Å². The van der Waals surface area contributed by atoms with Crippen LogP contribution < -0.4 is 0 Å². The van der Waals surface area contributed by atoms with E-state index in [1.807, 2.05) is 60.0 Å². The molecule has 164 valence electrons. The van der Waals surface area contributed by atoms with Crippen molar-refractivity contribution in [1.29, 1.82) is 0 Å². The zero-order chi connectivity index (χ0) is 22.0. The predicted octanol–water partition coefficient (Wildman–Crippen LogP) is 4.97. The summed E-state index contributed by atoms with van der Waals surface area (Å²) in [5, 5.41) is 6.66. The third-order valence-corrected chi connectivity index (χ3v) is 8.57. The van der Waals surface area contributed by atoms with Gasteiger partial charge in [0.2, 0.25) is 10.0 Å². The van der Waals surface area contributed by atoms with Crippen molar-refractivity contribution in [1.82, 2.24) is 19.1 Å². The molecule has 4 aromatic rings. The molecule has 0 spiro atoms. The van der Waals surface area contributed by atoms with Gasteiger partial charge in [0.1, 0.15) is 10.6 Å². The van der Waals surface area contributed by atoms with Crippen LogP contribution in [-0.4, -0.2) is 34.0 Å². The zero-order valence-electron chi connectivity index (χ0n) is 17.5. The van der Waals surface area contributed by atoms with Crippen LogP contribution >= 0.6 is 11.3 Å². The molecule has 1 aromatic carbocycles. The highest BCUT2D eigenvalue weighted by molar-refractivity contribution is 7.89. The van der Waals surface area contributed by atoms with E-state index in [-0.39, 0.29) is 10.9 Å². The Morgan fingerprint density at radius 3 is 2.66 bits per heavy atom. The Bertz CT molecular complexity index is 1270. The molecule has 3 aromatic heterocycles. The molecule has 32 heavy (non-hydrogen) atoms. The maximum absolute atomic E-state index is 14.0. The second-order valence-electron chi connectivity index (χ2n) is 7.92. The lowest BCUT2D eigenvalue weighted by atomic mass is 9.99. The summed E-state index contributed by atoms with van der Waals surface area (Å²) in [4.78, 5) is 5.34. The molecule has 5 rings (SSSR count). The van der Waals surface area contributed by atoms with Crippen molar-refractivity contribution in [3.05, 3.63) is 89.7 Å². The number of rotatable bonds is 6. The number of pyridine rings is 1. The lowest BCUT2D eigenvalue weighted by Gasteiger charge is -2.34. The van der Waals surface area contributed by atoms with Gasteiger partial charge >= 0.3 is 0 Å². The van der Waals surface area contributed by atoms with Crippen LogP contribution in [0.2, 0.25) is 0 Å². The van der Waals surface area contributed by atoms with E-state index in [1.165, 1.54) is 11.3 Å². The summed E-state index contributed by atoms with van der Waals surface area (Å²) in [6.07, 6.45) is 7.81. The minimum absolute atomic E-state index is 0.212. The minimum atomic E-state index is -3.76. The number of sulfonamides is 1.